The van der Waals surface area contributed by atoms with Crippen LogP contribution in [0, 0.1) is 5.92 Å². The second-order valence-corrected chi connectivity index (χ2v) is 4.79. The Bertz CT molecular complexity index is 311. The van der Waals surface area contributed by atoms with Gasteiger partial charge in [-0.2, -0.15) is 0 Å². The molecule has 1 aromatic rings. The number of carbonyl (C=O) groups is 1. The van der Waals surface area contributed by atoms with Crippen LogP contribution in [0.1, 0.15) is 50.7 Å². The van der Waals surface area contributed by atoms with Gasteiger partial charge < -0.3 is 4.79 Å². The molecule has 0 aliphatic heterocycles. The maximum absolute atomic E-state index is 10.9. The molecule has 0 saturated carbocycles. The van der Waals surface area contributed by atoms with Crippen molar-refractivity contribution in [2.75, 3.05) is 0 Å². The second-order valence-electron chi connectivity index (χ2n) is 4.79. The fourth-order valence-corrected chi connectivity index (χ4v) is 1.93. The lowest BCUT2D eigenvalue weighted by molar-refractivity contribution is -0.111. The van der Waals surface area contributed by atoms with Crippen LogP contribution < -0.4 is 0 Å². The molecule has 0 heterocycles. The number of benzene rings is 1. The van der Waals surface area contributed by atoms with Gasteiger partial charge in [0, 0.05) is 5.92 Å². The van der Waals surface area contributed by atoms with Crippen LogP contribution in [0.3, 0.4) is 0 Å². The first-order valence-electron chi connectivity index (χ1n) is 6.21. The van der Waals surface area contributed by atoms with E-state index in [1.54, 1.807) is 0 Å². The summed E-state index contributed by atoms with van der Waals surface area (Å²) in [6, 6.07) is 8.66. The van der Waals surface area contributed by atoms with Crippen molar-refractivity contribution in [3.63, 3.8) is 0 Å². The molecule has 1 heteroatoms. The Balaban J connectivity index is 2.63. The highest BCUT2D eigenvalue weighted by Gasteiger charge is 2.07. The molecule has 0 N–H and O–H groups in total. The van der Waals surface area contributed by atoms with Gasteiger partial charge >= 0.3 is 0 Å². The molecule has 88 valence electrons. The zero-order chi connectivity index (χ0) is 12.0. The second kappa shape index (κ2) is 6.47. The van der Waals surface area contributed by atoms with Gasteiger partial charge in [-0.05, 0) is 29.9 Å². The molecule has 1 atom stereocenters. The van der Waals surface area contributed by atoms with Gasteiger partial charge in [0.1, 0.15) is 6.29 Å². The van der Waals surface area contributed by atoms with Gasteiger partial charge in [-0.3, -0.25) is 0 Å². The third kappa shape index (κ3) is 3.80. The molecule has 1 unspecified atom stereocenters. The van der Waals surface area contributed by atoms with Crippen LogP contribution >= 0.6 is 0 Å². The van der Waals surface area contributed by atoms with E-state index in [9.17, 15) is 4.79 Å². The summed E-state index contributed by atoms with van der Waals surface area (Å²) in [5.74, 6) is 0.765. The lowest BCUT2D eigenvalue weighted by Crippen LogP contribution is -2.05. The lowest BCUT2D eigenvalue weighted by Gasteiger charge is -2.10. The van der Waals surface area contributed by atoms with Gasteiger partial charge in [-0.15, -0.1) is 0 Å². The first-order valence-corrected chi connectivity index (χ1v) is 6.21. The van der Waals surface area contributed by atoms with Crippen LogP contribution in [0.4, 0.5) is 0 Å². The molecule has 16 heavy (non-hydrogen) atoms. The van der Waals surface area contributed by atoms with E-state index in [-0.39, 0.29) is 5.92 Å². The maximum Gasteiger partial charge on any atom is 0.123 e. The minimum Gasteiger partial charge on any atom is -0.303 e. The van der Waals surface area contributed by atoms with Crippen LogP contribution in [0.15, 0.2) is 24.3 Å². The van der Waals surface area contributed by atoms with E-state index in [1.165, 1.54) is 11.1 Å². The average Bonchev–Trinajstić information content (AvgIpc) is 2.29. The maximum atomic E-state index is 10.9. The molecule has 0 aromatic heterocycles. The van der Waals surface area contributed by atoms with E-state index in [1.807, 2.05) is 0 Å². The highest BCUT2D eigenvalue weighted by molar-refractivity contribution is 5.54. The Morgan fingerprint density at radius 1 is 1.19 bits per heavy atom. The van der Waals surface area contributed by atoms with E-state index in [4.69, 9.17) is 0 Å². The molecule has 0 radical (unpaired) electrons. The van der Waals surface area contributed by atoms with Crippen molar-refractivity contribution in [2.24, 2.45) is 5.92 Å². The molecule has 1 nitrogen and oxygen atoms in total. The summed E-state index contributed by atoms with van der Waals surface area (Å²) < 4.78 is 0. The third-order valence-electron chi connectivity index (χ3n) is 3.00. The molecule has 0 amide bonds. The summed E-state index contributed by atoms with van der Waals surface area (Å²) >= 11 is 0. The highest BCUT2D eigenvalue weighted by Crippen LogP contribution is 2.17. The fraction of sp³-hybridized carbons (Fsp3) is 0.533. The smallest absolute Gasteiger partial charge is 0.123 e. The molecule has 1 rings (SSSR count). The van der Waals surface area contributed by atoms with Gasteiger partial charge in [0.25, 0.3) is 0 Å². The fourth-order valence-electron chi connectivity index (χ4n) is 1.93. The quantitative estimate of drug-likeness (QED) is 0.660. The Hall–Kier alpha value is -1.11. The van der Waals surface area contributed by atoms with Crippen molar-refractivity contribution in [1.29, 1.82) is 0 Å². The van der Waals surface area contributed by atoms with Gasteiger partial charge in [0.05, 0.1) is 0 Å². The predicted molar refractivity (Wildman–Crippen MR) is 68.7 cm³/mol. The average molecular weight is 218 g/mol. The SMILES string of the molecule is CCCC(C=O)Cc1ccc(C(C)C)cc1. The summed E-state index contributed by atoms with van der Waals surface area (Å²) in [7, 11) is 0. The monoisotopic (exact) mass is 218 g/mol. The zero-order valence-electron chi connectivity index (χ0n) is 10.6. The molecule has 0 spiro atoms. The van der Waals surface area contributed by atoms with Crippen LogP contribution in [-0.4, -0.2) is 6.29 Å². The number of aldehydes is 1. The largest absolute Gasteiger partial charge is 0.303 e. The predicted octanol–water partition coefficient (Wildman–Crippen LogP) is 3.97. The molecule has 0 bridgehead atoms. The van der Waals surface area contributed by atoms with E-state index < -0.39 is 0 Å². The van der Waals surface area contributed by atoms with E-state index in [2.05, 4.69) is 45.0 Å². The van der Waals surface area contributed by atoms with Crippen molar-refractivity contribution in [3.05, 3.63) is 35.4 Å². The van der Waals surface area contributed by atoms with Gasteiger partial charge in [0.2, 0.25) is 0 Å². The summed E-state index contributed by atoms with van der Waals surface area (Å²) in [5.41, 5.74) is 2.64. The third-order valence-corrected chi connectivity index (χ3v) is 3.00. The lowest BCUT2D eigenvalue weighted by atomic mass is 9.94. The molecule has 0 aliphatic rings. The normalized spacial score (nSPS) is 12.8. The molecular formula is C15H22O. The number of hydrogen-bond donors (Lipinski definition) is 0. The highest BCUT2D eigenvalue weighted by atomic mass is 16.1. The standard InChI is InChI=1S/C15H22O/c1-4-5-14(11-16)10-13-6-8-15(9-7-13)12(2)3/h6-9,11-12,14H,4-5,10H2,1-3H3. The minimum absolute atomic E-state index is 0.190. The van der Waals surface area contributed by atoms with Crippen LogP contribution in [-0.2, 0) is 11.2 Å². The van der Waals surface area contributed by atoms with Crippen LogP contribution in [0.5, 0.6) is 0 Å². The van der Waals surface area contributed by atoms with Gasteiger partial charge in [0.15, 0.2) is 0 Å². The first kappa shape index (κ1) is 13.0. The summed E-state index contributed by atoms with van der Waals surface area (Å²) in [6.45, 7) is 6.51. The van der Waals surface area contributed by atoms with E-state index in [0.717, 1.165) is 25.5 Å². The van der Waals surface area contributed by atoms with Crippen molar-refractivity contribution < 1.29 is 4.79 Å². The van der Waals surface area contributed by atoms with E-state index in [0.29, 0.717) is 5.92 Å². The van der Waals surface area contributed by atoms with Crippen molar-refractivity contribution in [2.45, 2.75) is 46.0 Å². The van der Waals surface area contributed by atoms with Crippen LogP contribution in [0.25, 0.3) is 0 Å². The Morgan fingerprint density at radius 3 is 2.25 bits per heavy atom. The summed E-state index contributed by atoms with van der Waals surface area (Å²) in [6.07, 6.45) is 4.05. The van der Waals surface area contributed by atoms with Gasteiger partial charge in [-0.1, -0.05) is 51.5 Å². The molecule has 0 fully saturated rings. The number of carbonyl (C=O) groups excluding carboxylic acids is 1. The van der Waals surface area contributed by atoms with Crippen molar-refractivity contribution in [3.8, 4) is 0 Å². The van der Waals surface area contributed by atoms with Crippen molar-refractivity contribution >= 4 is 6.29 Å². The molecule has 0 aliphatic carbocycles. The van der Waals surface area contributed by atoms with E-state index >= 15 is 0 Å². The zero-order valence-corrected chi connectivity index (χ0v) is 10.6. The number of hydrogen-bond acceptors (Lipinski definition) is 1. The summed E-state index contributed by atoms with van der Waals surface area (Å²) in [5, 5.41) is 0. The Morgan fingerprint density at radius 2 is 1.81 bits per heavy atom. The molecule has 1 aromatic carbocycles. The van der Waals surface area contributed by atoms with Crippen LogP contribution in [0.2, 0.25) is 0 Å². The first-order chi connectivity index (χ1) is 7.67. The summed E-state index contributed by atoms with van der Waals surface area (Å²) in [4.78, 5) is 10.9. The Kier molecular flexibility index (Phi) is 5.24. The topological polar surface area (TPSA) is 17.1 Å². The minimum atomic E-state index is 0.190. The van der Waals surface area contributed by atoms with Crippen molar-refractivity contribution in [1.82, 2.24) is 0 Å². The number of rotatable bonds is 6. The molecule has 0 saturated heterocycles. The van der Waals surface area contributed by atoms with Gasteiger partial charge in [-0.25, -0.2) is 0 Å². The Labute approximate surface area is 98.9 Å². The molecular weight excluding hydrogens is 196 g/mol.